The van der Waals surface area contributed by atoms with Gasteiger partial charge in [0.15, 0.2) is 5.71 Å². The van der Waals surface area contributed by atoms with Crippen molar-refractivity contribution in [3.8, 4) is 5.75 Å². The Hall–Kier alpha value is -2.81. The third-order valence-electron chi connectivity index (χ3n) is 8.44. The number of aryl methyl sites for hydroxylation is 2. The number of nitrogens with zero attached hydrogens (tertiary/aromatic N) is 2. The van der Waals surface area contributed by atoms with E-state index in [1.807, 2.05) is 0 Å². The van der Waals surface area contributed by atoms with E-state index in [1.54, 1.807) is 7.11 Å². The van der Waals surface area contributed by atoms with Gasteiger partial charge in [-0.1, -0.05) is 19.1 Å². The van der Waals surface area contributed by atoms with Gasteiger partial charge in [0, 0.05) is 37.0 Å². The zero-order chi connectivity index (χ0) is 23.9. The van der Waals surface area contributed by atoms with Gasteiger partial charge in [0.2, 0.25) is 5.69 Å². The average Bonchev–Trinajstić information content (AvgIpc) is 3.09. The molecule has 3 aliphatic rings. The maximum Gasteiger partial charge on any atom is 0.209 e. The molecule has 3 heteroatoms. The summed E-state index contributed by atoms with van der Waals surface area (Å²) in [4.78, 5) is 2.45. The first-order chi connectivity index (χ1) is 16.5. The summed E-state index contributed by atoms with van der Waals surface area (Å²) in [7, 11) is 6.23. The zero-order valence-corrected chi connectivity index (χ0v) is 21.5. The topological polar surface area (TPSA) is 15.5 Å². The second kappa shape index (κ2) is 9.09. The SMILES string of the molecule is CCc1cc(/C=C/C2=[N+](C)c3ccc(OC)cc3C2(C)C2C=CCCC2)cc2c1N(C)CCC2. The Morgan fingerprint density at radius 3 is 2.76 bits per heavy atom. The van der Waals surface area contributed by atoms with Crippen molar-refractivity contribution in [3.63, 3.8) is 0 Å². The molecule has 34 heavy (non-hydrogen) atoms. The van der Waals surface area contributed by atoms with Crippen LogP contribution in [0.1, 0.15) is 61.8 Å². The number of allylic oxidation sites excluding steroid dienone is 3. The predicted octanol–water partition coefficient (Wildman–Crippen LogP) is 6.70. The van der Waals surface area contributed by atoms with Crippen molar-refractivity contribution >= 4 is 23.2 Å². The van der Waals surface area contributed by atoms with Crippen molar-refractivity contribution < 1.29 is 9.31 Å². The van der Waals surface area contributed by atoms with Crippen LogP contribution in [0, 0.1) is 5.92 Å². The molecule has 2 heterocycles. The molecule has 2 aromatic carbocycles. The standard InChI is InChI=1S/C31H39N2O/c1-6-23-19-22(20-24-11-10-18-32(3)30(23)24)14-17-29-31(2,25-12-8-7-9-13-25)27-21-26(34-5)15-16-28(27)33(29)4/h8,12,14-17,19-21,25H,6-7,9-11,13,18H2,1-5H3/q+1. The lowest BCUT2D eigenvalue weighted by molar-refractivity contribution is -0.401. The minimum absolute atomic E-state index is 0.0753. The molecule has 0 aromatic heterocycles. The molecule has 178 valence electrons. The molecule has 2 atom stereocenters. The number of ether oxygens (including phenoxy) is 1. The third-order valence-corrected chi connectivity index (χ3v) is 8.44. The van der Waals surface area contributed by atoms with Crippen LogP contribution in [0.4, 0.5) is 11.4 Å². The molecule has 0 saturated carbocycles. The normalized spacial score (nSPS) is 24.0. The maximum absolute atomic E-state index is 5.64. The van der Waals surface area contributed by atoms with E-state index >= 15 is 0 Å². The van der Waals surface area contributed by atoms with Crippen molar-refractivity contribution in [3.05, 3.63) is 70.8 Å². The summed E-state index contributed by atoms with van der Waals surface area (Å²) in [5, 5.41) is 0. The van der Waals surface area contributed by atoms with Crippen LogP contribution in [-0.2, 0) is 18.3 Å². The molecule has 2 aromatic rings. The minimum atomic E-state index is -0.0753. The smallest absolute Gasteiger partial charge is 0.209 e. The molecule has 0 radical (unpaired) electrons. The van der Waals surface area contributed by atoms with Crippen LogP contribution in [0.2, 0.25) is 0 Å². The van der Waals surface area contributed by atoms with E-state index in [0.717, 1.165) is 18.7 Å². The lowest BCUT2D eigenvalue weighted by atomic mass is 9.66. The van der Waals surface area contributed by atoms with E-state index in [0.29, 0.717) is 5.92 Å². The minimum Gasteiger partial charge on any atom is -0.497 e. The van der Waals surface area contributed by atoms with Crippen LogP contribution in [0.25, 0.3) is 6.08 Å². The Labute approximate surface area is 205 Å². The molecule has 0 amide bonds. The van der Waals surface area contributed by atoms with Crippen molar-refractivity contribution in [1.82, 2.24) is 0 Å². The fourth-order valence-corrected chi connectivity index (χ4v) is 6.56. The summed E-state index contributed by atoms with van der Waals surface area (Å²) < 4.78 is 8.04. The number of anilines is 1. The molecule has 0 spiro atoms. The van der Waals surface area contributed by atoms with Crippen LogP contribution in [0.15, 0.2) is 48.6 Å². The molecule has 0 saturated heterocycles. The molecule has 0 bridgehead atoms. The molecule has 0 N–H and O–H groups in total. The number of methoxy groups -OCH3 is 1. The van der Waals surface area contributed by atoms with Gasteiger partial charge in [0.1, 0.15) is 12.8 Å². The summed E-state index contributed by atoms with van der Waals surface area (Å²) in [6.07, 6.45) is 16.8. The molecule has 0 fully saturated rings. The number of hydrogen-bond acceptors (Lipinski definition) is 2. The second-order valence-electron chi connectivity index (χ2n) is 10.4. The van der Waals surface area contributed by atoms with Crippen molar-refractivity contribution in [1.29, 1.82) is 0 Å². The van der Waals surface area contributed by atoms with Crippen LogP contribution < -0.4 is 9.64 Å². The molecule has 3 nitrogen and oxygen atoms in total. The van der Waals surface area contributed by atoms with E-state index in [2.05, 4.69) is 92.1 Å². The fraction of sp³-hybridized carbons (Fsp3) is 0.452. The van der Waals surface area contributed by atoms with E-state index in [-0.39, 0.29) is 5.41 Å². The molecule has 1 aliphatic carbocycles. The average molecular weight is 456 g/mol. The van der Waals surface area contributed by atoms with Crippen molar-refractivity contribution in [2.45, 2.75) is 57.8 Å². The fourth-order valence-electron chi connectivity index (χ4n) is 6.56. The molecule has 2 unspecified atom stereocenters. The van der Waals surface area contributed by atoms with Crippen LogP contribution >= 0.6 is 0 Å². The Morgan fingerprint density at radius 1 is 1.18 bits per heavy atom. The zero-order valence-electron chi connectivity index (χ0n) is 21.5. The number of benzene rings is 2. The Balaban J connectivity index is 1.59. The van der Waals surface area contributed by atoms with Crippen LogP contribution in [0.3, 0.4) is 0 Å². The number of fused-ring (bicyclic) bond motifs is 2. The Kier molecular flexibility index (Phi) is 6.14. The number of hydrogen-bond donors (Lipinski definition) is 0. The summed E-state index contributed by atoms with van der Waals surface area (Å²) in [6, 6.07) is 11.4. The van der Waals surface area contributed by atoms with Gasteiger partial charge < -0.3 is 9.64 Å². The van der Waals surface area contributed by atoms with Crippen molar-refractivity contribution in [2.75, 3.05) is 32.6 Å². The quantitative estimate of drug-likeness (QED) is 0.368. The first kappa shape index (κ1) is 23.0. The lowest BCUT2D eigenvalue weighted by Gasteiger charge is -2.32. The monoisotopic (exact) mass is 455 g/mol. The largest absolute Gasteiger partial charge is 0.497 e. The summed E-state index contributed by atoms with van der Waals surface area (Å²) >= 11 is 0. The van der Waals surface area contributed by atoms with E-state index in [1.165, 1.54) is 71.4 Å². The van der Waals surface area contributed by atoms with Gasteiger partial charge in [-0.15, -0.1) is 0 Å². The van der Waals surface area contributed by atoms with Gasteiger partial charge in [0.25, 0.3) is 0 Å². The molecule has 5 rings (SSSR count). The third kappa shape index (κ3) is 3.70. The Bertz CT molecular complexity index is 1170. The summed E-state index contributed by atoms with van der Waals surface area (Å²) in [5.41, 5.74) is 9.73. The lowest BCUT2D eigenvalue weighted by Crippen LogP contribution is -2.38. The maximum atomic E-state index is 5.64. The van der Waals surface area contributed by atoms with Gasteiger partial charge in [-0.3, -0.25) is 0 Å². The summed E-state index contributed by atoms with van der Waals surface area (Å²) in [6.45, 7) is 5.88. The van der Waals surface area contributed by atoms with Crippen LogP contribution in [0.5, 0.6) is 5.75 Å². The highest BCUT2D eigenvalue weighted by Gasteiger charge is 2.51. The first-order valence-corrected chi connectivity index (χ1v) is 13.0. The molecular formula is C31H39N2O+. The van der Waals surface area contributed by atoms with Gasteiger partial charge in [0.05, 0.1) is 12.5 Å². The Morgan fingerprint density at radius 2 is 2.03 bits per heavy atom. The van der Waals surface area contributed by atoms with Gasteiger partial charge in [-0.25, -0.2) is 0 Å². The highest BCUT2D eigenvalue weighted by atomic mass is 16.5. The molecule has 2 aliphatic heterocycles. The van der Waals surface area contributed by atoms with E-state index < -0.39 is 0 Å². The van der Waals surface area contributed by atoms with Gasteiger partial charge in [-0.2, -0.15) is 4.58 Å². The second-order valence-corrected chi connectivity index (χ2v) is 10.4. The highest BCUT2D eigenvalue weighted by Crippen LogP contribution is 2.48. The highest BCUT2D eigenvalue weighted by molar-refractivity contribution is 6.06. The van der Waals surface area contributed by atoms with E-state index in [9.17, 15) is 0 Å². The number of rotatable bonds is 5. The van der Waals surface area contributed by atoms with E-state index in [4.69, 9.17) is 4.74 Å². The van der Waals surface area contributed by atoms with Gasteiger partial charge >= 0.3 is 0 Å². The van der Waals surface area contributed by atoms with Gasteiger partial charge in [-0.05, 0) is 98.4 Å². The predicted molar refractivity (Wildman–Crippen MR) is 144 cm³/mol. The van der Waals surface area contributed by atoms with Crippen molar-refractivity contribution in [2.24, 2.45) is 5.92 Å². The van der Waals surface area contributed by atoms with Crippen LogP contribution in [-0.4, -0.2) is 38.0 Å². The first-order valence-electron chi connectivity index (χ1n) is 13.0. The molecular weight excluding hydrogens is 416 g/mol. The summed E-state index contributed by atoms with van der Waals surface area (Å²) in [5.74, 6) is 1.43.